The molecule has 96 valence electrons. The minimum Gasteiger partial charge on any atom is -0.489 e. The first-order valence-corrected chi connectivity index (χ1v) is 6.05. The molecule has 0 aliphatic rings. The molecule has 0 spiro atoms. The van der Waals surface area contributed by atoms with Crippen molar-refractivity contribution in [1.82, 2.24) is 4.98 Å². The third-order valence-corrected chi connectivity index (χ3v) is 2.61. The lowest BCUT2D eigenvalue weighted by Gasteiger charge is -2.12. The van der Waals surface area contributed by atoms with E-state index >= 15 is 0 Å². The number of nitrogens with zero attached hydrogens (tertiary/aromatic N) is 1. The van der Waals surface area contributed by atoms with Crippen LogP contribution in [0.2, 0.25) is 0 Å². The summed E-state index contributed by atoms with van der Waals surface area (Å²) < 4.78 is 11.0. The molecule has 0 radical (unpaired) electrons. The lowest BCUT2D eigenvalue weighted by atomic mass is 10.1. The maximum Gasteiger partial charge on any atom is 0.142 e. The highest BCUT2D eigenvalue weighted by Crippen LogP contribution is 2.29. The Balaban J connectivity index is 2.07. The molecule has 0 unspecified atom stereocenters. The summed E-state index contributed by atoms with van der Waals surface area (Å²) in [5.74, 6) is 0.695. The molecule has 0 fully saturated rings. The van der Waals surface area contributed by atoms with Crippen LogP contribution in [-0.4, -0.2) is 24.3 Å². The molecule has 0 aliphatic heterocycles. The molecule has 4 heteroatoms. The van der Waals surface area contributed by atoms with Gasteiger partial charge in [-0.05, 0) is 32.0 Å². The van der Waals surface area contributed by atoms with Gasteiger partial charge in [0.1, 0.15) is 12.4 Å². The predicted molar refractivity (Wildman–Crippen MR) is 72.7 cm³/mol. The Labute approximate surface area is 107 Å². The van der Waals surface area contributed by atoms with Crippen molar-refractivity contribution in [3.8, 4) is 5.75 Å². The second-order valence-corrected chi connectivity index (χ2v) is 4.34. The van der Waals surface area contributed by atoms with Gasteiger partial charge in [-0.1, -0.05) is 0 Å². The summed E-state index contributed by atoms with van der Waals surface area (Å²) in [6.45, 7) is 5.05. The summed E-state index contributed by atoms with van der Waals surface area (Å²) in [5.41, 5.74) is 6.72. The molecule has 0 amide bonds. The molecule has 1 aromatic carbocycles. The number of fused-ring (bicyclic) bond motifs is 1. The van der Waals surface area contributed by atoms with Crippen LogP contribution in [0.1, 0.15) is 13.8 Å². The molecule has 0 saturated carbocycles. The summed E-state index contributed by atoms with van der Waals surface area (Å²) in [6, 6.07) is 5.72. The molecule has 4 nitrogen and oxygen atoms in total. The van der Waals surface area contributed by atoms with Gasteiger partial charge in [-0.2, -0.15) is 0 Å². The molecular formula is C14H18N2O2. The van der Waals surface area contributed by atoms with E-state index in [-0.39, 0.29) is 6.10 Å². The Morgan fingerprint density at radius 1 is 1.22 bits per heavy atom. The lowest BCUT2D eigenvalue weighted by molar-refractivity contribution is 0.0554. The van der Waals surface area contributed by atoms with Gasteiger partial charge < -0.3 is 15.2 Å². The first kappa shape index (κ1) is 12.6. The van der Waals surface area contributed by atoms with Gasteiger partial charge in [0.15, 0.2) is 0 Å². The Hall–Kier alpha value is -1.81. The van der Waals surface area contributed by atoms with Gasteiger partial charge in [0.25, 0.3) is 0 Å². The predicted octanol–water partition coefficient (Wildman–Crippen LogP) is 2.62. The number of anilines is 1. The average molecular weight is 246 g/mol. The maximum absolute atomic E-state index is 6.07. The van der Waals surface area contributed by atoms with Crippen molar-refractivity contribution in [1.29, 1.82) is 0 Å². The smallest absolute Gasteiger partial charge is 0.142 e. The number of aromatic nitrogens is 1. The number of rotatable bonds is 5. The molecular weight excluding hydrogens is 228 g/mol. The second kappa shape index (κ2) is 5.69. The van der Waals surface area contributed by atoms with Crippen molar-refractivity contribution in [2.45, 2.75) is 20.0 Å². The Kier molecular flexibility index (Phi) is 3.99. The van der Waals surface area contributed by atoms with E-state index < -0.39 is 0 Å². The Bertz CT molecular complexity index is 526. The van der Waals surface area contributed by atoms with Crippen LogP contribution in [0.4, 0.5) is 5.69 Å². The summed E-state index contributed by atoms with van der Waals surface area (Å²) in [4.78, 5) is 4.06. The highest BCUT2D eigenvalue weighted by Gasteiger charge is 2.05. The number of benzene rings is 1. The fourth-order valence-electron chi connectivity index (χ4n) is 1.73. The summed E-state index contributed by atoms with van der Waals surface area (Å²) in [5, 5.41) is 1.98. The average Bonchev–Trinajstić information content (AvgIpc) is 2.37. The van der Waals surface area contributed by atoms with Crippen LogP contribution in [-0.2, 0) is 4.74 Å². The van der Waals surface area contributed by atoms with Gasteiger partial charge in [0.05, 0.1) is 18.4 Å². The van der Waals surface area contributed by atoms with Crippen LogP contribution in [0.5, 0.6) is 5.75 Å². The number of nitrogen functional groups attached to an aromatic ring is 1. The molecule has 0 saturated heterocycles. The van der Waals surface area contributed by atoms with Crippen LogP contribution in [0, 0.1) is 0 Å². The van der Waals surface area contributed by atoms with Crippen molar-refractivity contribution in [3.05, 3.63) is 30.6 Å². The number of ether oxygens (including phenoxy) is 2. The van der Waals surface area contributed by atoms with Crippen molar-refractivity contribution in [3.63, 3.8) is 0 Å². The van der Waals surface area contributed by atoms with Crippen LogP contribution >= 0.6 is 0 Å². The normalized spacial score (nSPS) is 11.1. The minimum absolute atomic E-state index is 0.216. The third-order valence-electron chi connectivity index (χ3n) is 2.61. The summed E-state index contributed by atoms with van der Waals surface area (Å²) >= 11 is 0. The summed E-state index contributed by atoms with van der Waals surface area (Å²) in [6.07, 6.45) is 3.73. The zero-order chi connectivity index (χ0) is 13.0. The van der Waals surface area contributed by atoms with Crippen LogP contribution in [0.3, 0.4) is 0 Å². The van der Waals surface area contributed by atoms with Crippen molar-refractivity contribution >= 4 is 16.5 Å². The van der Waals surface area contributed by atoms with E-state index in [1.165, 1.54) is 0 Å². The van der Waals surface area contributed by atoms with Gasteiger partial charge in [0, 0.05) is 23.2 Å². The van der Waals surface area contributed by atoms with Gasteiger partial charge in [-0.25, -0.2) is 0 Å². The zero-order valence-electron chi connectivity index (χ0n) is 10.7. The highest BCUT2D eigenvalue weighted by atomic mass is 16.5. The zero-order valence-corrected chi connectivity index (χ0v) is 10.7. The highest BCUT2D eigenvalue weighted by molar-refractivity contribution is 5.95. The maximum atomic E-state index is 6.07. The SMILES string of the molecule is CC(C)OCCOc1ccc2cnccc2c1N. The first-order chi connectivity index (χ1) is 8.68. The molecule has 0 atom stereocenters. The van der Waals surface area contributed by atoms with Gasteiger partial charge >= 0.3 is 0 Å². The quantitative estimate of drug-likeness (QED) is 0.651. The number of nitrogens with two attached hydrogens (primary N) is 1. The van der Waals surface area contributed by atoms with Gasteiger partial charge in [-0.15, -0.1) is 0 Å². The molecule has 18 heavy (non-hydrogen) atoms. The van der Waals surface area contributed by atoms with E-state index in [0.29, 0.717) is 24.7 Å². The first-order valence-electron chi connectivity index (χ1n) is 6.05. The van der Waals surface area contributed by atoms with Crippen LogP contribution < -0.4 is 10.5 Å². The number of pyridine rings is 1. The largest absolute Gasteiger partial charge is 0.489 e. The van der Waals surface area contributed by atoms with E-state index in [9.17, 15) is 0 Å². The molecule has 0 aliphatic carbocycles. The number of hydrogen-bond acceptors (Lipinski definition) is 4. The monoisotopic (exact) mass is 246 g/mol. The Morgan fingerprint density at radius 3 is 2.83 bits per heavy atom. The molecule has 0 bridgehead atoms. The van der Waals surface area contributed by atoms with E-state index in [1.54, 1.807) is 12.4 Å². The van der Waals surface area contributed by atoms with E-state index in [4.69, 9.17) is 15.2 Å². The van der Waals surface area contributed by atoms with E-state index in [0.717, 1.165) is 10.8 Å². The topological polar surface area (TPSA) is 57.4 Å². The molecule has 1 heterocycles. The Morgan fingerprint density at radius 2 is 2.06 bits per heavy atom. The van der Waals surface area contributed by atoms with Gasteiger partial charge in [0.2, 0.25) is 0 Å². The molecule has 2 N–H and O–H groups in total. The molecule has 2 aromatic rings. The second-order valence-electron chi connectivity index (χ2n) is 4.34. The van der Waals surface area contributed by atoms with Crippen molar-refractivity contribution in [2.24, 2.45) is 0 Å². The van der Waals surface area contributed by atoms with Gasteiger partial charge in [-0.3, -0.25) is 4.98 Å². The lowest BCUT2D eigenvalue weighted by Crippen LogP contribution is -2.11. The molecule has 1 aromatic heterocycles. The molecule has 2 rings (SSSR count). The summed E-state index contributed by atoms with van der Waals surface area (Å²) in [7, 11) is 0. The fourth-order valence-corrected chi connectivity index (χ4v) is 1.73. The van der Waals surface area contributed by atoms with E-state index in [1.807, 2.05) is 32.0 Å². The standard InChI is InChI=1S/C14H18N2O2/c1-10(2)17-7-8-18-13-4-3-11-9-16-6-5-12(11)14(13)15/h3-6,9-10H,7-8,15H2,1-2H3. The minimum atomic E-state index is 0.216. The number of hydrogen-bond donors (Lipinski definition) is 1. The van der Waals surface area contributed by atoms with Crippen molar-refractivity contribution in [2.75, 3.05) is 18.9 Å². The van der Waals surface area contributed by atoms with E-state index in [2.05, 4.69) is 4.98 Å². The van der Waals surface area contributed by atoms with Crippen LogP contribution in [0.15, 0.2) is 30.6 Å². The van der Waals surface area contributed by atoms with Crippen molar-refractivity contribution < 1.29 is 9.47 Å². The fraction of sp³-hybridized carbons (Fsp3) is 0.357. The van der Waals surface area contributed by atoms with Crippen LogP contribution in [0.25, 0.3) is 10.8 Å². The third kappa shape index (κ3) is 2.90.